The van der Waals surface area contributed by atoms with Crippen molar-refractivity contribution >= 4 is 5.82 Å². The third-order valence-electron chi connectivity index (χ3n) is 4.12. The maximum Gasteiger partial charge on any atom is 0.293 e. The van der Waals surface area contributed by atoms with E-state index in [1.54, 1.807) is 19.4 Å². The molecule has 8 heteroatoms. The Morgan fingerprint density at radius 3 is 3.04 bits per heavy atom. The number of likely N-dealkylation sites (N-methyl/N-ethyl adjacent to an activating group) is 1. The lowest BCUT2D eigenvalue weighted by molar-refractivity contribution is -0.0271. The minimum absolute atomic E-state index is 0.0171. The average molecular weight is 333 g/mol. The van der Waals surface area contributed by atoms with Crippen LogP contribution in [0.5, 0.6) is 0 Å². The fourth-order valence-corrected chi connectivity index (χ4v) is 2.89. The van der Waals surface area contributed by atoms with Crippen molar-refractivity contribution in [1.82, 2.24) is 19.6 Å². The summed E-state index contributed by atoms with van der Waals surface area (Å²) in [5.41, 5.74) is 0.825. The van der Waals surface area contributed by atoms with Gasteiger partial charge in [-0.2, -0.15) is 0 Å². The van der Waals surface area contributed by atoms with E-state index in [1.807, 2.05) is 24.9 Å². The highest BCUT2D eigenvalue weighted by molar-refractivity contribution is 5.34. The van der Waals surface area contributed by atoms with Crippen LogP contribution in [0, 0.1) is 6.92 Å². The van der Waals surface area contributed by atoms with Gasteiger partial charge in [-0.05, 0) is 6.92 Å². The lowest BCUT2D eigenvalue weighted by atomic mass is 10.2. The van der Waals surface area contributed by atoms with E-state index in [0.29, 0.717) is 19.0 Å². The number of rotatable bonds is 5. The number of hydrogen-bond acceptors (Lipinski definition) is 7. The molecule has 2 aromatic heterocycles. The van der Waals surface area contributed by atoms with Crippen LogP contribution in [0.2, 0.25) is 0 Å². The Hall–Kier alpha value is -2.19. The molecule has 24 heavy (non-hydrogen) atoms. The lowest BCUT2D eigenvalue weighted by Crippen LogP contribution is -2.47. The van der Waals surface area contributed by atoms with Crippen molar-refractivity contribution in [2.45, 2.75) is 19.6 Å². The molecule has 0 radical (unpaired) electrons. The molecule has 0 amide bonds. The standard InChI is InChI=1S/C16H23N5O3/c1-12-8-13(18-24-12)9-21-6-7-23-14(11-21)10-20(3)15-16(22)19(2)5-4-17-15/h4-5,8,14H,6-7,9-11H2,1-3H3. The molecule has 2 aromatic rings. The third kappa shape index (κ3) is 3.82. The van der Waals surface area contributed by atoms with Crippen molar-refractivity contribution in [1.29, 1.82) is 0 Å². The van der Waals surface area contributed by atoms with Crippen LogP contribution in [-0.2, 0) is 18.3 Å². The fraction of sp³-hybridized carbons (Fsp3) is 0.562. The van der Waals surface area contributed by atoms with E-state index in [9.17, 15) is 4.79 Å². The summed E-state index contributed by atoms with van der Waals surface area (Å²) >= 11 is 0. The number of hydrogen-bond donors (Lipinski definition) is 0. The first-order chi connectivity index (χ1) is 11.5. The summed E-state index contributed by atoms with van der Waals surface area (Å²) in [6, 6.07) is 1.95. The zero-order chi connectivity index (χ0) is 17.1. The Bertz CT molecular complexity index is 741. The van der Waals surface area contributed by atoms with Gasteiger partial charge in [0.15, 0.2) is 5.82 Å². The van der Waals surface area contributed by atoms with Crippen molar-refractivity contribution in [2.24, 2.45) is 7.05 Å². The topological polar surface area (TPSA) is 76.6 Å². The summed E-state index contributed by atoms with van der Waals surface area (Å²) < 4.78 is 12.5. The predicted octanol–water partition coefficient (Wildman–Crippen LogP) is 0.414. The second-order valence-corrected chi connectivity index (χ2v) is 6.20. The maximum absolute atomic E-state index is 12.1. The minimum Gasteiger partial charge on any atom is -0.374 e. The molecule has 0 N–H and O–H groups in total. The Kier molecular flexibility index (Phi) is 4.96. The van der Waals surface area contributed by atoms with E-state index in [0.717, 1.165) is 31.1 Å². The molecule has 0 spiro atoms. The van der Waals surface area contributed by atoms with Crippen molar-refractivity contribution < 1.29 is 9.26 Å². The highest BCUT2D eigenvalue weighted by atomic mass is 16.5. The van der Waals surface area contributed by atoms with Gasteiger partial charge in [-0.15, -0.1) is 0 Å². The van der Waals surface area contributed by atoms with Crippen molar-refractivity contribution in [2.75, 3.05) is 38.2 Å². The van der Waals surface area contributed by atoms with Crippen molar-refractivity contribution in [3.8, 4) is 0 Å². The van der Waals surface area contributed by atoms with E-state index < -0.39 is 0 Å². The van der Waals surface area contributed by atoms with E-state index in [-0.39, 0.29) is 11.7 Å². The number of aryl methyl sites for hydroxylation is 2. The maximum atomic E-state index is 12.1. The van der Waals surface area contributed by atoms with Gasteiger partial charge >= 0.3 is 0 Å². The normalized spacial score (nSPS) is 18.7. The summed E-state index contributed by atoms with van der Waals surface area (Å²) in [7, 11) is 3.59. The summed E-state index contributed by atoms with van der Waals surface area (Å²) in [5, 5.41) is 4.04. The average Bonchev–Trinajstić information content (AvgIpc) is 2.95. The zero-order valence-corrected chi connectivity index (χ0v) is 14.3. The van der Waals surface area contributed by atoms with Crippen LogP contribution >= 0.6 is 0 Å². The predicted molar refractivity (Wildman–Crippen MR) is 89.0 cm³/mol. The smallest absolute Gasteiger partial charge is 0.293 e. The summed E-state index contributed by atoms with van der Waals surface area (Å²) in [6.07, 6.45) is 3.30. The van der Waals surface area contributed by atoms with Crippen LogP contribution in [-0.4, -0.2) is 59.0 Å². The molecule has 1 atom stereocenters. The summed E-state index contributed by atoms with van der Waals surface area (Å²) in [5.74, 6) is 1.26. The Morgan fingerprint density at radius 2 is 2.29 bits per heavy atom. The van der Waals surface area contributed by atoms with Crippen LogP contribution in [0.25, 0.3) is 0 Å². The Balaban J connectivity index is 1.60. The molecular formula is C16H23N5O3. The van der Waals surface area contributed by atoms with E-state index in [2.05, 4.69) is 15.0 Å². The van der Waals surface area contributed by atoms with Gasteiger partial charge in [0.05, 0.1) is 18.4 Å². The van der Waals surface area contributed by atoms with Crippen LogP contribution in [0.1, 0.15) is 11.5 Å². The molecule has 1 aliphatic heterocycles. The summed E-state index contributed by atoms with van der Waals surface area (Å²) in [6.45, 7) is 5.55. The third-order valence-corrected chi connectivity index (χ3v) is 4.12. The lowest BCUT2D eigenvalue weighted by Gasteiger charge is -2.34. The molecular weight excluding hydrogens is 310 g/mol. The second-order valence-electron chi connectivity index (χ2n) is 6.20. The summed E-state index contributed by atoms with van der Waals surface area (Å²) in [4.78, 5) is 20.5. The Morgan fingerprint density at radius 1 is 1.46 bits per heavy atom. The van der Waals surface area contributed by atoms with E-state index in [4.69, 9.17) is 9.26 Å². The molecule has 0 saturated carbocycles. The van der Waals surface area contributed by atoms with E-state index >= 15 is 0 Å². The van der Waals surface area contributed by atoms with Gasteiger partial charge in [-0.25, -0.2) is 4.98 Å². The monoisotopic (exact) mass is 333 g/mol. The molecule has 0 aromatic carbocycles. The van der Waals surface area contributed by atoms with Gasteiger partial charge in [-0.1, -0.05) is 5.16 Å². The minimum atomic E-state index is -0.106. The van der Waals surface area contributed by atoms with Crippen molar-refractivity contribution in [3.05, 3.63) is 40.3 Å². The molecule has 3 rings (SSSR count). The van der Waals surface area contributed by atoms with E-state index in [1.165, 1.54) is 4.57 Å². The highest BCUT2D eigenvalue weighted by Gasteiger charge is 2.23. The van der Waals surface area contributed by atoms with Crippen LogP contribution in [0.4, 0.5) is 5.82 Å². The molecule has 3 heterocycles. The number of morpholine rings is 1. The number of anilines is 1. The van der Waals surface area contributed by atoms with Gasteiger partial charge in [0, 0.05) is 58.7 Å². The molecule has 1 unspecified atom stereocenters. The SMILES string of the molecule is Cc1cc(CN2CCOC(CN(C)c3nccn(C)c3=O)C2)no1. The number of nitrogens with zero attached hydrogens (tertiary/aromatic N) is 5. The van der Waals surface area contributed by atoms with Crippen LogP contribution < -0.4 is 10.5 Å². The Labute approximate surface area is 140 Å². The molecule has 130 valence electrons. The first-order valence-electron chi connectivity index (χ1n) is 8.02. The molecule has 1 fully saturated rings. The van der Waals surface area contributed by atoms with Crippen LogP contribution in [0.15, 0.2) is 27.8 Å². The fourth-order valence-electron chi connectivity index (χ4n) is 2.89. The van der Waals surface area contributed by atoms with Gasteiger partial charge in [0.2, 0.25) is 0 Å². The second kappa shape index (κ2) is 7.14. The largest absolute Gasteiger partial charge is 0.374 e. The molecule has 0 aliphatic carbocycles. The molecule has 1 saturated heterocycles. The molecule has 8 nitrogen and oxygen atoms in total. The van der Waals surface area contributed by atoms with Crippen LogP contribution in [0.3, 0.4) is 0 Å². The quantitative estimate of drug-likeness (QED) is 0.784. The molecule has 1 aliphatic rings. The number of ether oxygens (including phenoxy) is 1. The first kappa shape index (κ1) is 16.7. The van der Waals surface area contributed by atoms with Gasteiger partial charge < -0.3 is 18.7 Å². The highest BCUT2D eigenvalue weighted by Crippen LogP contribution is 2.12. The van der Waals surface area contributed by atoms with Gasteiger partial charge in [0.25, 0.3) is 5.56 Å². The zero-order valence-electron chi connectivity index (χ0n) is 14.3. The number of aromatic nitrogens is 3. The first-order valence-corrected chi connectivity index (χ1v) is 8.02. The molecule has 0 bridgehead atoms. The van der Waals surface area contributed by atoms with Gasteiger partial charge in [0.1, 0.15) is 5.76 Å². The van der Waals surface area contributed by atoms with Gasteiger partial charge in [-0.3, -0.25) is 9.69 Å². The van der Waals surface area contributed by atoms with Crippen molar-refractivity contribution in [3.63, 3.8) is 0 Å².